The van der Waals surface area contributed by atoms with Gasteiger partial charge >= 0.3 is 0 Å². The van der Waals surface area contributed by atoms with Gasteiger partial charge in [-0.05, 0) is 18.6 Å². The Morgan fingerprint density at radius 3 is 2.55 bits per heavy atom. The number of sulfone groups is 1. The number of likely N-dealkylation sites (tertiary alicyclic amines) is 1. The van der Waals surface area contributed by atoms with E-state index in [1.807, 2.05) is 5.32 Å². The number of rotatable bonds is 5. The van der Waals surface area contributed by atoms with Crippen molar-refractivity contribution in [1.82, 2.24) is 10.2 Å². The maximum Gasteiger partial charge on any atom is 0.243 e. The number of amides is 3. The van der Waals surface area contributed by atoms with Gasteiger partial charge in [0.15, 0.2) is 27.3 Å². The highest BCUT2D eigenvalue weighted by Gasteiger charge is 2.41. The van der Waals surface area contributed by atoms with Gasteiger partial charge in [0.2, 0.25) is 17.7 Å². The Morgan fingerprint density at radius 2 is 1.90 bits per heavy atom. The van der Waals surface area contributed by atoms with Gasteiger partial charge in [0, 0.05) is 19.0 Å². The van der Waals surface area contributed by atoms with E-state index in [2.05, 4.69) is 5.32 Å². The third-order valence-electron chi connectivity index (χ3n) is 4.91. The van der Waals surface area contributed by atoms with Crippen molar-refractivity contribution in [3.8, 4) is 0 Å². The summed E-state index contributed by atoms with van der Waals surface area (Å²) in [7, 11) is -3.18. The maximum atomic E-state index is 13.6. The summed E-state index contributed by atoms with van der Waals surface area (Å²) >= 11 is 0. The number of benzene rings is 1. The zero-order valence-corrected chi connectivity index (χ0v) is 15.9. The van der Waals surface area contributed by atoms with Gasteiger partial charge in [0.05, 0.1) is 29.7 Å². The van der Waals surface area contributed by atoms with Crippen LogP contribution in [0.15, 0.2) is 12.1 Å². The van der Waals surface area contributed by atoms with Gasteiger partial charge in [-0.3, -0.25) is 14.4 Å². The van der Waals surface area contributed by atoms with Crippen LogP contribution in [0, 0.1) is 23.4 Å². The van der Waals surface area contributed by atoms with Crippen molar-refractivity contribution in [3.63, 3.8) is 0 Å². The van der Waals surface area contributed by atoms with Crippen molar-refractivity contribution in [2.75, 3.05) is 29.9 Å². The number of hydrogen-bond acceptors (Lipinski definition) is 5. The van der Waals surface area contributed by atoms with E-state index in [0.29, 0.717) is 12.5 Å². The number of halogens is 3. The molecule has 2 heterocycles. The molecule has 3 amide bonds. The number of hydrogen-bond donors (Lipinski definition) is 2. The summed E-state index contributed by atoms with van der Waals surface area (Å²) in [5, 5.41) is 4.32. The SMILES string of the molecule is O=C(CNC(=O)C1CC(=O)N(C2CCS(=O)(=O)C2)C1)Nc1ccc(F)c(F)c1F. The summed E-state index contributed by atoms with van der Waals surface area (Å²) in [5.41, 5.74) is -0.576. The molecule has 2 fully saturated rings. The van der Waals surface area contributed by atoms with Gasteiger partial charge in [-0.15, -0.1) is 0 Å². The molecule has 0 radical (unpaired) electrons. The molecule has 0 spiro atoms. The standard InChI is InChI=1S/C17H18F3N3O5S/c18-11-1-2-12(16(20)15(11)19)22-13(24)6-21-17(26)9-5-14(25)23(7-9)10-3-4-29(27,28)8-10/h1-2,9-10H,3-8H2,(H,21,26)(H,22,24). The first kappa shape index (κ1) is 21.1. The predicted molar refractivity (Wildman–Crippen MR) is 94.8 cm³/mol. The summed E-state index contributed by atoms with van der Waals surface area (Å²) < 4.78 is 62.8. The second-order valence-electron chi connectivity index (χ2n) is 6.99. The number of carbonyl (C=O) groups excluding carboxylic acids is 3. The summed E-state index contributed by atoms with van der Waals surface area (Å²) in [6.07, 6.45) is 0.215. The van der Waals surface area contributed by atoms with Crippen molar-refractivity contribution in [3.05, 3.63) is 29.6 Å². The average Bonchev–Trinajstić information content (AvgIpc) is 3.22. The zero-order chi connectivity index (χ0) is 21.3. The maximum absolute atomic E-state index is 13.6. The Morgan fingerprint density at radius 1 is 1.17 bits per heavy atom. The molecule has 0 saturated carbocycles. The second kappa shape index (κ2) is 8.01. The van der Waals surface area contributed by atoms with Crippen LogP contribution in [0.4, 0.5) is 18.9 Å². The Balaban J connectivity index is 1.51. The molecule has 1 aromatic rings. The number of carbonyl (C=O) groups is 3. The van der Waals surface area contributed by atoms with Crippen LogP contribution in [0.25, 0.3) is 0 Å². The molecule has 2 aliphatic heterocycles. The van der Waals surface area contributed by atoms with Crippen LogP contribution in [-0.4, -0.2) is 61.7 Å². The lowest BCUT2D eigenvalue weighted by Gasteiger charge is -2.22. The van der Waals surface area contributed by atoms with E-state index in [-0.39, 0.29) is 30.4 Å². The first-order valence-corrected chi connectivity index (χ1v) is 10.6. The van der Waals surface area contributed by atoms with E-state index in [9.17, 15) is 36.0 Å². The molecular weight excluding hydrogens is 415 g/mol. The molecule has 12 heteroatoms. The quantitative estimate of drug-likeness (QED) is 0.644. The fraction of sp³-hybridized carbons (Fsp3) is 0.471. The minimum absolute atomic E-state index is 0.000972. The Labute approximate surface area is 164 Å². The minimum atomic E-state index is -3.18. The summed E-state index contributed by atoms with van der Waals surface area (Å²) in [6, 6.07) is 1.04. The molecule has 0 aromatic heterocycles. The van der Waals surface area contributed by atoms with Gasteiger partial charge < -0.3 is 15.5 Å². The third-order valence-corrected chi connectivity index (χ3v) is 6.66. The van der Waals surface area contributed by atoms with Gasteiger partial charge in [-0.2, -0.15) is 0 Å². The highest BCUT2D eigenvalue weighted by molar-refractivity contribution is 7.91. The van der Waals surface area contributed by atoms with Crippen molar-refractivity contribution >= 4 is 33.2 Å². The van der Waals surface area contributed by atoms with Crippen LogP contribution >= 0.6 is 0 Å². The monoisotopic (exact) mass is 433 g/mol. The molecule has 2 saturated heterocycles. The van der Waals surface area contributed by atoms with E-state index < -0.39 is 63.3 Å². The molecule has 158 valence electrons. The molecule has 29 heavy (non-hydrogen) atoms. The molecule has 8 nitrogen and oxygen atoms in total. The molecule has 2 N–H and O–H groups in total. The summed E-state index contributed by atoms with van der Waals surface area (Å²) in [4.78, 5) is 37.6. The van der Waals surface area contributed by atoms with E-state index in [0.717, 1.165) is 6.07 Å². The molecule has 0 aliphatic carbocycles. The first-order chi connectivity index (χ1) is 13.6. The molecule has 1 aromatic carbocycles. The lowest BCUT2D eigenvalue weighted by Crippen LogP contribution is -2.40. The fourth-order valence-corrected chi connectivity index (χ4v) is 5.14. The van der Waals surface area contributed by atoms with E-state index in [1.165, 1.54) is 4.90 Å². The minimum Gasteiger partial charge on any atom is -0.347 e. The van der Waals surface area contributed by atoms with Crippen molar-refractivity contribution < 1.29 is 36.0 Å². The summed E-state index contributed by atoms with van der Waals surface area (Å²) in [6.45, 7) is -0.524. The Bertz CT molecular complexity index is 969. The Kier molecular flexibility index (Phi) is 5.82. The molecule has 3 rings (SSSR count). The molecule has 0 bridgehead atoms. The lowest BCUT2D eigenvalue weighted by atomic mass is 10.1. The van der Waals surface area contributed by atoms with Gasteiger partial charge in [0.25, 0.3) is 0 Å². The molecule has 2 unspecified atom stereocenters. The number of anilines is 1. The topological polar surface area (TPSA) is 113 Å². The van der Waals surface area contributed by atoms with Gasteiger partial charge in [0.1, 0.15) is 0 Å². The molecule has 2 atom stereocenters. The fourth-order valence-electron chi connectivity index (χ4n) is 3.41. The van der Waals surface area contributed by atoms with Crippen LogP contribution in [0.2, 0.25) is 0 Å². The van der Waals surface area contributed by atoms with Crippen LogP contribution < -0.4 is 10.6 Å². The van der Waals surface area contributed by atoms with Crippen LogP contribution in [0.1, 0.15) is 12.8 Å². The van der Waals surface area contributed by atoms with E-state index in [1.54, 1.807) is 0 Å². The van der Waals surface area contributed by atoms with Gasteiger partial charge in [-0.25, -0.2) is 21.6 Å². The zero-order valence-electron chi connectivity index (χ0n) is 15.1. The highest BCUT2D eigenvalue weighted by Crippen LogP contribution is 2.26. The lowest BCUT2D eigenvalue weighted by molar-refractivity contribution is -0.130. The second-order valence-corrected chi connectivity index (χ2v) is 9.22. The van der Waals surface area contributed by atoms with Crippen LogP contribution in [0.5, 0.6) is 0 Å². The van der Waals surface area contributed by atoms with Crippen molar-refractivity contribution in [1.29, 1.82) is 0 Å². The number of nitrogens with zero attached hydrogens (tertiary/aromatic N) is 1. The normalized spacial score (nSPS) is 23.3. The third kappa shape index (κ3) is 4.69. The van der Waals surface area contributed by atoms with E-state index in [4.69, 9.17) is 0 Å². The molecular formula is C17H18F3N3O5S. The van der Waals surface area contributed by atoms with Crippen molar-refractivity contribution in [2.24, 2.45) is 5.92 Å². The Hall–Kier alpha value is -2.63. The van der Waals surface area contributed by atoms with Gasteiger partial charge in [-0.1, -0.05) is 0 Å². The van der Waals surface area contributed by atoms with Crippen LogP contribution in [-0.2, 0) is 24.2 Å². The molecule has 2 aliphatic rings. The first-order valence-electron chi connectivity index (χ1n) is 8.78. The smallest absolute Gasteiger partial charge is 0.243 e. The van der Waals surface area contributed by atoms with Crippen molar-refractivity contribution in [2.45, 2.75) is 18.9 Å². The average molecular weight is 433 g/mol. The summed E-state index contributed by atoms with van der Waals surface area (Å²) in [5.74, 6) is -7.38. The predicted octanol–water partition coefficient (Wildman–Crippen LogP) is 0.194. The highest BCUT2D eigenvalue weighted by atomic mass is 32.2. The largest absolute Gasteiger partial charge is 0.347 e. The van der Waals surface area contributed by atoms with E-state index >= 15 is 0 Å². The number of nitrogens with one attached hydrogen (secondary N) is 2. The van der Waals surface area contributed by atoms with Crippen LogP contribution in [0.3, 0.4) is 0 Å².